The number of ether oxygens (including phenoxy) is 2. The van der Waals surface area contributed by atoms with Gasteiger partial charge >= 0.3 is 0 Å². The Balaban J connectivity index is 1.67. The fourth-order valence-electron chi connectivity index (χ4n) is 4.34. The quantitative estimate of drug-likeness (QED) is 0.451. The zero-order valence-corrected chi connectivity index (χ0v) is 22.2. The molecule has 0 saturated carbocycles. The maximum atomic E-state index is 13.7. The number of hydrogen-bond donors (Lipinski definition) is 1. The minimum atomic E-state index is -4.05. The summed E-state index contributed by atoms with van der Waals surface area (Å²) in [5, 5.41) is 3.45. The van der Waals surface area contributed by atoms with Gasteiger partial charge in [0.05, 0.1) is 23.7 Å². The van der Waals surface area contributed by atoms with Crippen molar-refractivity contribution in [2.75, 3.05) is 18.0 Å². The highest BCUT2D eigenvalue weighted by atomic mass is 35.5. The smallest absolute Gasteiger partial charge is 0.264 e. The van der Waals surface area contributed by atoms with E-state index in [4.69, 9.17) is 21.1 Å². The number of aryl methyl sites for hydroxylation is 1. The monoisotopic (exact) mass is 528 g/mol. The summed E-state index contributed by atoms with van der Waals surface area (Å²) in [4.78, 5) is 13.4. The molecule has 0 fully saturated rings. The van der Waals surface area contributed by atoms with Crippen LogP contribution in [0.15, 0.2) is 71.6 Å². The van der Waals surface area contributed by atoms with Crippen LogP contribution in [-0.2, 0) is 14.8 Å². The molecule has 3 aromatic rings. The topological polar surface area (TPSA) is 84.9 Å². The van der Waals surface area contributed by atoms with Gasteiger partial charge in [0.1, 0.15) is 23.6 Å². The predicted molar refractivity (Wildman–Crippen MR) is 140 cm³/mol. The molecule has 1 heterocycles. The van der Waals surface area contributed by atoms with E-state index in [-0.39, 0.29) is 10.9 Å². The molecule has 0 aromatic heterocycles. The van der Waals surface area contributed by atoms with E-state index in [1.807, 2.05) is 32.0 Å². The molecule has 0 bridgehead atoms. The maximum absolute atomic E-state index is 13.7. The van der Waals surface area contributed by atoms with Gasteiger partial charge < -0.3 is 14.8 Å². The molecule has 1 aliphatic heterocycles. The summed E-state index contributed by atoms with van der Waals surface area (Å²) < 4.78 is 39.9. The molecule has 0 aliphatic carbocycles. The fraction of sp³-hybridized carbons (Fsp3) is 0.296. The molecule has 36 heavy (non-hydrogen) atoms. The third kappa shape index (κ3) is 5.44. The van der Waals surface area contributed by atoms with E-state index in [0.717, 1.165) is 15.4 Å². The first-order chi connectivity index (χ1) is 17.0. The van der Waals surface area contributed by atoms with E-state index >= 15 is 0 Å². The SMILES string of the molecule is COc1ccc2c(c1)C(NC(=O)CN(c1ccccc1C)S(=O)(=O)c1ccc(Cl)cc1)CC(C)(C)O2. The zero-order chi connectivity index (χ0) is 26.1. The third-order valence-corrected chi connectivity index (χ3v) is 8.11. The number of rotatable bonds is 7. The lowest BCUT2D eigenvalue weighted by Crippen LogP contribution is -2.45. The molecule has 1 aliphatic rings. The highest BCUT2D eigenvalue weighted by Crippen LogP contribution is 2.41. The van der Waals surface area contributed by atoms with Gasteiger partial charge in [0, 0.05) is 17.0 Å². The van der Waals surface area contributed by atoms with Gasteiger partial charge in [0.15, 0.2) is 0 Å². The van der Waals surface area contributed by atoms with Crippen molar-refractivity contribution < 1.29 is 22.7 Å². The minimum absolute atomic E-state index is 0.0465. The van der Waals surface area contributed by atoms with Crippen LogP contribution in [0.25, 0.3) is 0 Å². The zero-order valence-electron chi connectivity index (χ0n) is 20.6. The number of nitrogens with zero attached hydrogens (tertiary/aromatic N) is 1. The number of methoxy groups -OCH3 is 1. The average molecular weight is 529 g/mol. The number of nitrogens with one attached hydrogen (secondary N) is 1. The molecular formula is C27H29ClN2O5S. The first-order valence-corrected chi connectivity index (χ1v) is 13.3. The van der Waals surface area contributed by atoms with Gasteiger partial charge in [-0.15, -0.1) is 0 Å². The number of hydrogen-bond acceptors (Lipinski definition) is 5. The summed E-state index contributed by atoms with van der Waals surface area (Å²) in [7, 11) is -2.48. The number of halogens is 1. The summed E-state index contributed by atoms with van der Waals surface area (Å²) >= 11 is 5.97. The number of benzene rings is 3. The molecule has 9 heteroatoms. The van der Waals surface area contributed by atoms with Crippen molar-refractivity contribution in [3.8, 4) is 11.5 Å². The first-order valence-electron chi connectivity index (χ1n) is 11.5. The maximum Gasteiger partial charge on any atom is 0.264 e. The van der Waals surface area contributed by atoms with E-state index in [9.17, 15) is 13.2 Å². The Morgan fingerprint density at radius 1 is 1.14 bits per heavy atom. The molecule has 0 radical (unpaired) electrons. The second kappa shape index (κ2) is 10.0. The largest absolute Gasteiger partial charge is 0.497 e. The van der Waals surface area contributed by atoms with Crippen molar-refractivity contribution >= 4 is 33.2 Å². The molecule has 1 amide bonds. The van der Waals surface area contributed by atoms with Crippen molar-refractivity contribution in [2.24, 2.45) is 0 Å². The van der Waals surface area contributed by atoms with Crippen LogP contribution in [0, 0.1) is 6.92 Å². The van der Waals surface area contributed by atoms with Gasteiger partial charge in [-0.3, -0.25) is 9.10 Å². The minimum Gasteiger partial charge on any atom is -0.497 e. The van der Waals surface area contributed by atoms with E-state index in [1.165, 1.54) is 24.3 Å². The number of fused-ring (bicyclic) bond motifs is 1. The predicted octanol–water partition coefficient (Wildman–Crippen LogP) is 5.27. The van der Waals surface area contributed by atoms with Gasteiger partial charge in [0.2, 0.25) is 5.91 Å². The fourth-order valence-corrected chi connectivity index (χ4v) is 5.95. The first kappa shape index (κ1) is 25.9. The molecule has 0 saturated heterocycles. The van der Waals surface area contributed by atoms with Crippen molar-refractivity contribution in [1.29, 1.82) is 0 Å². The van der Waals surface area contributed by atoms with Gasteiger partial charge in [-0.2, -0.15) is 0 Å². The van der Waals surface area contributed by atoms with Crippen LogP contribution < -0.4 is 19.1 Å². The Hall–Kier alpha value is -3.23. The van der Waals surface area contributed by atoms with Gasteiger partial charge in [-0.25, -0.2) is 8.42 Å². The summed E-state index contributed by atoms with van der Waals surface area (Å²) in [6.45, 7) is 5.31. The summed E-state index contributed by atoms with van der Waals surface area (Å²) in [5.41, 5.74) is 1.41. The normalized spacial score (nSPS) is 16.4. The van der Waals surface area contributed by atoms with Crippen LogP contribution in [0.3, 0.4) is 0 Å². The summed E-state index contributed by atoms with van der Waals surface area (Å²) in [6, 6.07) is 18.0. The third-order valence-electron chi connectivity index (χ3n) is 6.08. The van der Waals surface area contributed by atoms with E-state index in [0.29, 0.717) is 28.6 Å². The van der Waals surface area contributed by atoms with Crippen molar-refractivity contribution in [2.45, 2.75) is 43.7 Å². The number of sulfonamides is 1. The molecule has 3 aromatic carbocycles. The Bertz CT molecular complexity index is 1370. The summed E-state index contributed by atoms with van der Waals surface area (Å²) in [5.74, 6) is 0.859. The lowest BCUT2D eigenvalue weighted by Gasteiger charge is -2.38. The number of amides is 1. The van der Waals surface area contributed by atoms with Crippen LogP contribution >= 0.6 is 11.6 Å². The van der Waals surface area contributed by atoms with E-state index in [2.05, 4.69) is 5.32 Å². The van der Waals surface area contributed by atoms with Gasteiger partial charge in [-0.1, -0.05) is 29.8 Å². The Kier molecular flexibility index (Phi) is 7.20. The molecule has 4 rings (SSSR count). The summed E-state index contributed by atoms with van der Waals surface area (Å²) in [6.07, 6.45) is 0.507. The Morgan fingerprint density at radius 2 is 1.83 bits per heavy atom. The van der Waals surface area contributed by atoms with Gasteiger partial charge in [-0.05, 0) is 74.9 Å². The van der Waals surface area contributed by atoms with Gasteiger partial charge in [0.25, 0.3) is 10.0 Å². The Labute approximate surface area is 217 Å². The van der Waals surface area contributed by atoms with Crippen molar-refractivity contribution in [1.82, 2.24) is 5.32 Å². The van der Waals surface area contributed by atoms with Crippen LogP contribution in [0.4, 0.5) is 5.69 Å². The highest BCUT2D eigenvalue weighted by molar-refractivity contribution is 7.92. The van der Waals surface area contributed by atoms with Crippen LogP contribution in [0.5, 0.6) is 11.5 Å². The lowest BCUT2D eigenvalue weighted by molar-refractivity contribution is -0.120. The highest BCUT2D eigenvalue weighted by Gasteiger charge is 2.36. The van der Waals surface area contributed by atoms with Crippen LogP contribution in [0.1, 0.15) is 37.4 Å². The van der Waals surface area contributed by atoms with Crippen molar-refractivity contribution in [3.05, 3.63) is 82.9 Å². The molecule has 1 N–H and O–H groups in total. The van der Waals surface area contributed by atoms with E-state index < -0.39 is 28.1 Å². The second-order valence-corrected chi connectivity index (χ2v) is 11.6. The number of carbonyl (C=O) groups excluding carboxylic acids is 1. The van der Waals surface area contributed by atoms with E-state index in [1.54, 1.807) is 38.3 Å². The standard InChI is InChI=1S/C27H29ClN2O5S/c1-18-7-5-6-8-24(18)30(36(32,33)21-12-9-19(28)10-13-21)17-26(31)29-23-16-27(2,3)35-25-14-11-20(34-4)15-22(23)25/h5-15,23H,16-17H2,1-4H3,(H,29,31). The molecule has 7 nitrogen and oxygen atoms in total. The number of anilines is 1. The van der Waals surface area contributed by atoms with Crippen LogP contribution in [-0.4, -0.2) is 33.6 Å². The molecule has 1 atom stereocenters. The second-order valence-electron chi connectivity index (χ2n) is 9.34. The lowest BCUT2D eigenvalue weighted by atomic mass is 9.89. The van der Waals surface area contributed by atoms with Crippen molar-refractivity contribution in [3.63, 3.8) is 0 Å². The van der Waals surface area contributed by atoms with Crippen LogP contribution in [0.2, 0.25) is 5.02 Å². The molecule has 190 valence electrons. The number of para-hydroxylation sites is 1. The molecule has 0 spiro atoms. The average Bonchev–Trinajstić information content (AvgIpc) is 2.82. The molecule has 1 unspecified atom stereocenters. The number of carbonyl (C=O) groups is 1. The Morgan fingerprint density at radius 3 is 2.50 bits per heavy atom. The molecular weight excluding hydrogens is 500 g/mol.